The molecular formula is C26H23N3O5S. The molecule has 0 spiro atoms. The number of hydrogen-bond donors (Lipinski definition) is 2. The van der Waals surface area contributed by atoms with Gasteiger partial charge in [0.05, 0.1) is 36.1 Å². The maximum absolute atomic E-state index is 13.5. The van der Waals surface area contributed by atoms with Gasteiger partial charge in [0.25, 0.3) is 11.8 Å². The topological polar surface area (TPSA) is 121 Å². The Morgan fingerprint density at radius 3 is 2.57 bits per heavy atom. The lowest BCUT2D eigenvalue weighted by Gasteiger charge is -2.11. The molecule has 2 amide bonds. The molecule has 0 aliphatic rings. The van der Waals surface area contributed by atoms with E-state index in [1.807, 2.05) is 42.5 Å². The van der Waals surface area contributed by atoms with Crippen molar-refractivity contribution in [1.29, 1.82) is 0 Å². The van der Waals surface area contributed by atoms with Crippen molar-refractivity contribution >= 4 is 45.0 Å². The van der Waals surface area contributed by atoms with Crippen molar-refractivity contribution in [3.05, 3.63) is 76.2 Å². The standard InChI is InChI=1S/C26H23N3O5S/c1-4-34-26(32)22-14(2)21(23(27)30)25(35-22)29-24(31)18-13-20(15-8-7-9-16(12-15)33-3)28-19-11-6-5-10-17(18)19/h5-13H,4H2,1-3H3,(H2,27,30)(H,29,31). The zero-order valence-corrected chi connectivity index (χ0v) is 20.2. The Labute approximate surface area is 205 Å². The van der Waals surface area contributed by atoms with Gasteiger partial charge in [-0.2, -0.15) is 0 Å². The molecule has 0 saturated heterocycles. The number of amides is 2. The minimum Gasteiger partial charge on any atom is -0.497 e. The summed E-state index contributed by atoms with van der Waals surface area (Å²) in [4.78, 5) is 42.9. The summed E-state index contributed by atoms with van der Waals surface area (Å²) in [6.07, 6.45) is 0. The monoisotopic (exact) mass is 489 g/mol. The number of ether oxygens (including phenoxy) is 2. The molecule has 2 aromatic carbocycles. The second kappa shape index (κ2) is 9.94. The number of fused-ring (bicyclic) bond motifs is 1. The van der Waals surface area contributed by atoms with E-state index in [0.717, 1.165) is 16.9 Å². The van der Waals surface area contributed by atoms with Crippen LogP contribution in [0.3, 0.4) is 0 Å². The van der Waals surface area contributed by atoms with Crippen LogP contribution >= 0.6 is 11.3 Å². The fraction of sp³-hybridized carbons (Fsp3) is 0.154. The number of carbonyl (C=O) groups excluding carboxylic acids is 3. The van der Waals surface area contributed by atoms with Gasteiger partial charge in [-0.25, -0.2) is 9.78 Å². The third kappa shape index (κ3) is 4.71. The summed E-state index contributed by atoms with van der Waals surface area (Å²) < 4.78 is 10.4. The molecule has 0 radical (unpaired) electrons. The molecule has 35 heavy (non-hydrogen) atoms. The number of anilines is 1. The second-order valence-electron chi connectivity index (χ2n) is 7.60. The van der Waals surface area contributed by atoms with E-state index < -0.39 is 17.8 Å². The molecule has 0 fully saturated rings. The average Bonchev–Trinajstić information content (AvgIpc) is 3.19. The van der Waals surface area contributed by atoms with E-state index in [4.69, 9.17) is 20.2 Å². The largest absolute Gasteiger partial charge is 0.497 e. The van der Waals surface area contributed by atoms with E-state index in [1.165, 1.54) is 0 Å². The summed E-state index contributed by atoms with van der Waals surface area (Å²) in [6.45, 7) is 3.47. The first-order chi connectivity index (χ1) is 16.8. The van der Waals surface area contributed by atoms with Crippen molar-refractivity contribution in [1.82, 2.24) is 4.98 Å². The van der Waals surface area contributed by atoms with E-state index in [2.05, 4.69) is 5.32 Å². The molecule has 2 heterocycles. The van der Waals surface area contributed by atoms with E-state index in [0.29, 0.717) is 33.5 Å². The molecule has 0 aliphatic heterocycles. The fourth-order valence-corrected chi connectivity index (χ4v) is 4.85. The number of nitrogens with one attached hydrogen (secondary N) is 1. The van der Waals surface area contributed by atoms with Gasteiger partial charge >= 0.3 is 5.97 Å². The average molecular weight is 490 g/mol. The van der Waals surface area contributed by atoms with Gasteiger partial charge in [0, 0.05) is 10.9 Å². The highest BCUT2D eigenvalue weighted by Gasteiger charge is 2.26. The van der Waals surface area contributed by atoms with Crippen LogP contribution in [0.15, 0.2) is 54.6 Å². The summed E-state index contributed by atoms with van der Waals surface area (Å²) >= 11 is 0.957. The minimum atomic E-state index is -0.749. The number of rotatable bonds is 7. The van der Waals surface area contributed by atoms with Gasteiger partial charge in [-0.3, -0.25) is 9.59 Å². The molecule has 9 heteroatoms. The van der Waals surface area contributed by atoms with Gasteiger partial charge in [-0.05, 0) is 43.7 Å². The normalized spacial score (nSPS) is 10.7. The number of para-hydroxylation sites is 1. The summed E-state index contributed by atoms with van der Waals surface area (Å²) in [6, 6.07) is 16.3. The highest BCUT2D eigenvalue weighted by atomic mass is 32.1. The van der Waals surface area contributed by atoms with Crippen molar-refractivity contribution in [2.24, 2.45) is 5.73 Å². The van der Waals surface area contributed by atoms with Crippen LogP contribution in [-0.2, 0) is 4.74 Å². The van der Waals surface area contributed by atoms with E-state index >= 15 is 0 Å². The Bertz CT molecular complexity index is 1460. The van der Waals surface area contributed by atoms with Gasteiger partial charge < -0.3 is 20.5 Å². The van der Waals surface area contributed by atoms with E-state index in [-0.39, 0.29) is 22.0 Å². The quantitative estimate of drug-likeness (QED) is 0.360. The van der Waals surface area contributed by atoms with Crippen molar-refractivity contribution < 1.29 is 23.9 Å². The van der Waals surface area contributed by atoms with Crippen LogP contribution in [0, 0.1) is 6.92 Å². The molecule has 4 aromatic rings. The fourth-order valence-electron chi connectivity index (χ4n) is 3.75. The van der Waals surface area contributed by atoms with Gasteiger partial charge in [-0.1, -0.05) is 30.3 Å². The predicted molar refractivity (Wildman–Crippen MR) is 135 cm³/mol. The van der Waals surface area contributed by atoms with Crippen LogP contribution in [0.4, 0.5) is 5.00 Å². The Kier molecular flexibility index (Phi) is 6.79. The first-order valence-corrected chi connectivity index (χ1v) is 11.6. The second-order valence-corrected chi connectivity index (χ2v) is 8.62. The van der Waals surface area contributed by atoms with E-state index in [9.17, 15) is 14.4 Å². The number of methoxy groups -OCH3 is 1. The number of primary amides is 1. The minimum absolute atomic E-state index is 0.0813. The molecule has 2 aromatic heterocycles. The number of hydrogen-bond acceptors (Lipinski definition) is 7. The Balaban J connectivity index is 1.80. The van der Waals surface area contributed by atoms with Crippen LogP contribution in [0.25, 0.3) is 22.2 Å². The highest BCUT2D eigenvalue weighted by molar-refractivity contribution is 7.18. The third-order valence-corrected chi connectivity index (χ3v) is 6.59. The maximum Gasteiger partial charge on any atom is 0.348 e. The zero-order chi connectivity index (χ0) is 25.1. The van der Waals surface area contributed by atoms with Crippen LogP contribution < -0.4 is 15.8 Å². The first-order valence-electron chi connectivity index (χ1n) is 10.8. The molecule has 3 N–H and O–H groups in total. The number of pyridine rings is 1. The molecule has 0 saturated carbocycles. The SMILES string of the molecule is CCOC(=O)c1sc(NC(=O)c2cc(-c3cccc(OC)c3)nc3ccccc23)c(C(N)=O)c1C. The number of aromatic nitrogens is 1. The molecule has 8 nitrogen and oxygen atoms in total. The van der Waals surface area contributed by atoms with Gasteiger partial charge in [-0.15, -0.1) is 11.3 Å². The molecule has 0 atom stereocenters. The maximum atomic E-state index is 13.5. The van der Waals surface area contributed by atoms with Crippen molar-refractivity contribution in [3.8, 4) is 17.0 Å². The molecule has 178 valence electrons. The van der Waals surface area contributed by atoms with Crippen LogP contribution in [0.5, 0.6) is 5.75 Å². The lowest BCUT2D eigenvalue weighted by atomic mass is 10.0. The number of nitrogens with two attached hydrogens (primary N) is 1. The van der Waals surface area contributed by atoms with Crippen molar-refractivity contribution in [2.45, 2.75) is 13.8 Å². The number of nitrogens with zero attached hydrogens (tertiary/aromatic N) is 1. The number of thiophene rings is 1. The van der Waals surface area contributed by atoms with Crippen LogP contribution in [0.2, 0.25) is 0 Å². The molecule has 0 aliphatic carbocycles. The third-order valence-electron chi connectivity index (χ3n) is 5.41. The summed E-state index contributed by atoms with van der Waals surface area (Å²) in [5, 5.41) is 3.60. The number of benzene rings is 2. The first kappa shape index (κ1) is 23.9. The van der Waals surface area contributed by atoms with Gasteiger partial charge in [0.1, 0.15) is 15.6 Å². The Morgan fingerprint density at radius 1 is 1.09 bits per heavy atom. The lowest BCUT2D eigenvalue weighted by molar-refractivity contribution is 0.0531. The molecule has 4 rings (SSSR count). The lowest BCUT2D eigenvalue weighted by Crippen LogP contribution is -2.18. The Hall–Kier alpha value is -4.24. The smallest absolute Gasteiger partial charge is 0.348 e. The van der Waals surface area contributed by atoms with Gasteiger partial charge in [0.2, 0.25) is 0 Å². The van der Waals surface area contributed by atoms with Crippen molar-refractivity contribution in [3.63, 3.8) is 0 Å². The molecule has 0 bridgehead atoms. The Morgan fingerprint density at radius 2 is 1.86 bits per heavy atom. The highest BCUT2D eigenvalue weighted by Crippen LogP contribution is 2.34. The number of esters is 1. The van der Waals surface area contributed by atoms with Crippen molar-refractivity contribution in [2.75, 3.05) is 19.0 Å². The predicted octanol–water partition coefficient (Wildman–Crippen LogP) is 4.81. The summed E-state index contributed by atoms with van der Waals surface area (Å²) in [7, 11) is 1.58. The van der Waals surface area contributed by atoms with Gasteiger partial charge in [0.15, 0.2) is 0 Å². The number of carbonyl (C=O) groups is 3. The van der Waals surface area contributed by atoms with Crippen LogP contribution in [-0.4, -0.2) is 36.5 Å². The van der Waals surface area contributed by atoms with Crippen LogP contribution in [0.1, 0.15) is 42.9 Å². The van der Waals surface area contributed by atoms with E-state index in [1.54, 1.807) is 33.1 Å². The zero-order valence-electron chi connectivity index (χ0n) is 19.4. The summed E-state index contributed by atoms with van der Waals surface area (Å²) in [5.74, 6) is -1.13. The summed E-state index contributed by atoms with van der Waals surface area (Å²) in [5.41, 5.74) is 8.37. The molecular weight excluding hydrogens is 466 g/mol. The molecule has 0 unspecified atom stereocenters.